The lowest BCUT2D eigenvalue weighted by Gasteiger charge is -2.18. The number of nitrogens with zero attached hydrogens (tertiary/aromatic N) is 1. The summed E-state index contributed by atoms with van der Waals surface area (Å²) in [4.78, 5) is 26.9. The maximum Gasteiger partial charge on any atom is 0.394 e. The Bertz CT molecular complexity index is 815. The van der Waals surface area contributed by atoms with Crippen LogP contribution in [0.25, 0.3) is 10.9 Å². The number of aromatic nitrogens is 1. The molecule has 9 heteroatoms. The lowest BCUT2D eigenvalue weighted by atomic mass is 9.96. The van der Waals surface area contributed by atoms with Crippen LogP contribution in [0.3, 0.4) is 0 Å². The minimum absolute atomic E-state index is 0.0814. The minimum Gasteiger partial charge on any atom is -0.481 e. The van der Waals surface area contributed by atoms with E-state index in [1.165, 1.54) is 24.3 Å². The Morgan fingerprint density at radius 2 is 1.96 bits per heavy atom. The van der Waals surface area contributed by atoms with Gasteiger partial charge in [-0.1, -0.05) is 6.07 Å². The molecule has 1 aromatic carbocycles. The zero-order valence-electron chi connectivity index (χ0n) is 12.1. The first-order valence-electron chi connectivity index (χ1n) is 7.04. The third-order valence-electron chi connectivity index (χ3n) is 4.19. The number of aliphatic carboxylic acids is 1. The van der Waals surface area contributed by atoms with Gasteiger partial charge >= 0.3 is 12.1 Å². The summed E-state index contributed by atoms with van der Waals surface area (Å²) in [5, 5.41) is 9.11. The highest BCUT2D eigenvalue weighted by atomic mass is 19.4. The van der Waals surface area contributed by atoms with Crippen LogP contribution in [0.2, 0.25) is 0 Å². The number of amides is 1. The Kier molecular flexibility index (Phi) is 3.73. The van der Waals surface area contributed by atoms with Crippen LogP contribution in [0.5, 0.6) is 0 Å². The van der Waals surface area contributed by atoms with Gasteiger partial charge in [0.05, 0.1) is 11.8 Å². The van der Waals surface area contributed by atoms with Gasteiger partial charge in [0.25, 0.3) is 5.91 Å². The second kappa shape index (κ2) is 5.50. The van der Waals surface area contributed by atoms with Gasteiger partial charge in [-0.15, -0.1) is 0 Å². The molecule has 1 aliphatic heterocycles. The van der Waals surface area contributed by atoms with Gasteiger partial charge in [-0.3, -0.25) is 9.59 Å². The molecule has 1 aromatic heterocycles. The molecule has 0 spiro atoms. The molecular formula is C15H12F4N2O3. The molecule has 5 nitrogen and oxygen atoms in total. The number of hydrogen-bond acceptors (Lipinski definition) is 2. The highest BCUT2D eigenvalue weighted by molar-refractivity contribution is 5.98. The zero-order chi connectivity index (χ0) is 17.6. The van der Waals surface area contributed by atoms with Crippen molar-refractivity contribution in [1.82, 2.24) is 9.88 Å². The summed E-state index contributed by atoms with van der Waals surface area (Å²) in [5.41, 5.74) is 0.252. The van der Waals surface area contributed by atoms with Crippen molar-refractivity contribution in [2.45, 2.75) is 6.18 Å². The third kappa shape index (κ3) is 2.70. The molecule has 3 rings (SSSR count). The number of aromatic amines is 1. The van der Waals surface area contributed by atoms with E-state index in [2.05, 4.69) is 4.98 Å². The topological polar surface area (TPSA) is 73.4 Å². The Morgan fingerprint density at radius 1 is 1.25 bits per heavy atom. The maximum absolute atomic E-state index is 13.7. The molecule has 1 aliphatic rings. The van der Waals surface area contributed by atoms with Gasteiger partial charge in [-0.05, 0) is 18.2 Å². The Morgan fingerprint density at radius 3 is 2.50 bits per heavy atom. The Hall–Kier alpha value is -2.58. The fourth-order valence-corrected chi connectivity index (χ4v) is 2.96. The van der Waals surface area contributed by atoms with Crippen molar-refractivity contribution in [1.29, 1.82) is 0 Å². The molecule has 2 aromatic rings. The van der Waals surface area contributed by atoms with Crippen LogP contribution in [0.4, 0.5) is 17.6 Å². The van der Waals surface area contributed by atoms with Gasteiger partial charge in [-0.25, -0.2) is 4.39 Å². The summed E-state index contributed by atoms with van der Waals surface area (Å²) < 4.78 is 52.6. The first-order chi connectivity index (χ1) is 11.2. The van der Waals surface area contributed by atoms with Gasteiger partial charge in [0, 0.05) is 24.0 Å². The number of carbonyl (C=O) groups is 2. The number of nitrogens with one attached hydrogen (secondary N) is 1. The average Bonchev–Trinajstić information content (AvgIpc) is 3.11. The molecule has 2 atom stereocenters. The maximum atomic E-state index is 13.7. The van der Waals surface area contributed by atoms with E-state index in [0.717, 1.165) is 4.90 Å². The number of carboxylic acid groups (broad SMARTS) is 1. The number of carbonyl (C=O) groups excluding carboxylic acids is 1. The fourth-order valence-electron chi connectivity index (χ4n) is 2.96. The van der Waals surface area contributed by atoms with Crippen molar-refractivity contribution < 1.29 is 32.3 Å². The number of fused-ring (bicyclic) bond motifs is 1. The first kappa shape index (κ1) is 16.3. The van der Waals surface area contributed by atoms with Gasteiger partial charge in [0.15, 0.2) is 0 Å². The van der Waals surface area contributed by atoms with Gasteiger partial charge in [0.2, 0.25) is 0 Å². The number of alkyl halides is 3. The number of rotatable bonds is 2. The number of hydrogen-bond donors (Lipinski definition) is 2. The second-order valence-corrected chi connectivity index (χ2v) is 5.69. The van der Waals surface area contributed by atoms with Crippen molar-refractivity contribution in [3.8, 4) is 0 Å². The van der Waals surface area contributed by atoms with Gasteiger partial charge in [-0.2, -0.15) is 13.2 Å². The average molecular weight is 344 g/mol. The largest absolute Gasteiger partial charge is 0.481 e. The number of H-pyrrole nitrogens is 1. The number of likely N-dealkylation sites (tertiary alicyclic amines) is 1. The first-order valence-corrected chi connectivity index (χ1v) is 7.04. The molecule has 0 bridgehead atoms. The zero-order valence-corrected chi connectivity index (χ0v) is 12.1. The lowest BCUT2D eigenvalue weighted by molar-refractivity contribution is -0.187. The SMILES string of the molecule is O=C(O)[C@@H]1CN(C(=O)c2cc3c(F)cccc3[nH]2)C[C@H]1C(F)(F)F. The van der Waals surface area contributed by atoms with Gasteiger partial charge in [0.1, 0.15) is 11.5 Å². The molecular weight excluding hydrogens is 332 g/mol. The van der Waals surface area contributed by atoms with E-state index in [1.54, 1.807) is 0 Å². The summed E-state index contributed by atoms with van der Waals surface area (Å²) in [6.45, 7) is -1.28. The van der Waals surface area contributed by atoms with Crippen LogP contribution in [-0.2, 0) is 4.79 Å². The fraction of sp³-hybridized carbons (Fsp3) is 0.333. The predicted molar refractivity (Wildman–Crippen MR) is 74.8 cm³/mol. The number of benzene rings is 1. The van der Waals surface area contributed by atoms with Crippen LogP contribution >= 0.6 is 0 Å². The monoisotopic (exact) mass is 344 g/mol. The molecule has 2 heterocycles. The molecule has 1 amide bonds. The van der Waals surface area contributed by atoms with E-state index >= 15 is 0 Å². The van der Waals surface area contributed by atoms with Crippen molar-refractivity contribution >= 4 is 22.8 Å². The number of halogens is 4. The van der Waals surface area contributed by atoms with Crippen molar-refractivity contribution in [2.24, 2.45) is 11.8 Å². The molecule has 0 saturated carbocycles. The normalized spacial score (nSPS) is 21.4. The molecule has 0 radical (unpaired) electrons. The van der Waals surface area contributed by atoms with E-state index in [4.69, 9.17) is 5.11 Å². The van der Waals surface area contributed by atoms with Crippen molar-refractivity contribution in [2.75, 3.05) is 13.1 Å². The van der Waals surface area contributed by atoms with E-state index in [9.17, 15) is 27.2 Å². The van der Waals surface area contributed by atoms with Crippen LogP contribution in [0, 0.1) is 17.7 Å². The summed E-state index contributed by atoms with van der Waals surface area (Å²) in [7, 11) is 0. The molecule has 128 valence electrons. The smallest absolute Gasteiger partial charge is 0.394 e. The van der Waals surface area contributed by atoms with E-state index in [0.29, 0.717) is 5.52 Å². The summed E-state index contributed by atoms with van der Waals surface area (Å²) >= 11 is 0. The van der Waals surface area contributed by atoms with Crippen LogP contribution in [0.1, 0.15) is 10.5 Å². The minimum atomic E-state index is -4.72. The molecule has 2 N–H and O–H groups in total. The highest BCUT2D eigenvalue weighted by Crippen LogP contribution is 2.38. The molecule has 24 heavy (non-hydrogen) atoms. The quantitative estimate of drug-likeness (QED) is 0.823. The lowest BCUT2D eigenvalue weighted by Crippen LogP contribution is -2.34. The van der Waals surface area contributed by atoms with Crippen LogP contribution in [-0.4, -0.2) is 46.1 Å². The number of carboxylic acids is 1. The van der Waals surface area contributed by atoms with E-state index in [1.807, 2.05) is 0 Å². The highest BCUT2D eigenvalue weighted by Gasteiger charge is 2.53. The van der Waals surface area contributed by atoms with Crippen molar-refractivity contribution in [3.05, 3.63) is 35.8 Å². The molecule has 1 fully saturated rings. The van der Waals surface area contributed by atoms with E-state index in [-0.39, 0.29) is 11.1 Å². The molecule has 0 aliphatic carbocycles. The summed E-state index contributed by atoms with van der Waals surface area (Å²) in [6, 6.07) is 5.36. The molecule has 1 saturated heterocycles. The Labute approximate surface area is 132 Å². The Balaban J connectivity index is 1.89. The van der Waals surface area contributed by atoms with Crippen LogP contribution in [0.15, 0.2) is 24.3 Å². The second-order valence-electron chi connectivity index (χ2n) is 5.69. The predicted octanol–water partition coefficient (Wildman–Crippen LogP) is 2.64. The van der Waals surface area contributed by atoms with Crippen LogP contribution < -0.4 is 0 Å². The van der Waals surface area contributed by atoms with Crippen molar-refractivity contribution in [3.63, 3.8) is 0 Å². The molecule has 0 unspecified atom stereocenters. The summed E-state index contributed by atoms with van der Waals surface area (Å²) in [5.74, 6) is -6.80. The third-order valence-corrected chi connectivity index (χ3v) is 4.19. The van der Waals surface area contributed by atoms with E-state index < -0.39 is 48.8 Å². The summed E-state index contributed by atoms with van der Waals surface area (Å²) in [6.07, 6.45) is -4.72. The van der Waals surface area contributed by atoms with Gasteiger partial charge < -0.3 is 15.0 Å². The standard InChI is InChI=1S/C15H12F4N2O3/c16-10-2-1-3-11-7(10)4-12(20-11)13(22)21-5-8(14(23)24)9(6-21)15(17,18)19/h1-4,8-9,20H,5-6H2,(H,23,24)/t8-,9-/m1/s1.